The van der Waals surface area contributed by atoms with Crippen molar-refractivity contribution in [3.8, 4) is 0 Å². The van der Waals surface area contributed by atoms with Crippen LogP contribution in [0.2, 0.25) is 10.0 Å². The molecular weight excluding hydrogens is 495 g/mol. The minimum atomic E-state index is -1.20. The molecule has 190 valence electrons. The number of rotatable bonds is 10. The fraction of sp³-hybridized carbons (Fsp3) is 0.379. The molecule has 4 rings (SSSR count). The summed E-state index contributed by atoms with van der Waals surface area (Å²) in [7, 11) is 0. The van der Waals surface area contributed by atoms with Crippen molar-refractivity contribution >= 4 is 29.0 Å². The van der Waals surface area contributed by atoms with Crippen LogP contribution in [-0.2, 0) is 19.5 Å². The molecule has 0 spiro atoms. The Morgan fingerprint density at radius 2 is 1.81 bits per heavy atom. The van der Waals surface area contributed by atoms with Crippen LogP contribution in [0, 0.1) is 0 Å². The number of likely N-dealkylation sites (tertiary alicyclic amines) is 1. The number of aromatic nitrogens is 1. The highest BCUT2D eigenvalue weighted by Crippen LogP contribution is 2.27. The molecule has 1 unspecified atom stereocenters. The zero-order chi connectivity index (χ0) is 25.7. The Bertz CT molecular complexity index is 1240. The van der Waals surface area contributed by atoms with E-state index in [2.05, 4.69) is 11.8 Å². The molecule has 0 saturated carbocycles. The standard InChI is InChI=1S/C29H32Cl2N2O3/c1-2-7-23-10-6-16-32(23)19-26-24(30)18-25(31)29(36)33(26)17-15-20-11-13-22(14-12-20)28(35)27(34)21-8-4-3-5-9-21/h3-5,8-9,11-14,18,23,27,34H,2,6-7,10,15-17,19H2,1H3/t23-,27?/m0/s1. The molecule has 1 N–H and O–H groups in total. The SMILES string of the molecule is CCC[C@H]1CCCN1Cc1c(Cl)cc(Cl)c(=O)n1CCc1ccc(C(=O)C(O)c2ccccc2)cc1. The first-order valence-corrected chi connectivity index (χ1v) is 13.3. The highest BCUT2D eigenvalue weighted by atomic mass is 35.5. The minimum absolute atomic E-state index is 0.117. The Balaban J connectivity index is 1.49. The summed E-state index contributed by atoms with van der Waals surface area (Å²) in [5, 5.41) is 11.1. The van der Waals surface area contributed by atoms with Crippen molar-refractivity contribution in [1.29, 1.82) is 0 Å². The Hall–Kier alpha value is -2.44. The molecule has 3 aromatic rings. The maximum absolute atomic E-state index is 13.0. The van der Waals surface area contributed by atoms with E-state index in [1.54, 1.807) is 47.0 Å². The van der Waals surface area contributed by atoms with Gasteiger partial charge < -0.3 is 9.67 Å². The summed E-state index contributed by atoms with van der Waals surface area (Å²) in [6, 6.07) is 18.1. The molecule has 1 aliphatic rings. The lowest BCUT2D eigenvalue weighted by Gasteiger charge is -2.26. The number of pyridine rings is 1. The highest BCUT2D eigenvalue weighted by molar-refractivity contribution is 6.34. The number of ketones is 1. The Kier molecular flexibility index (Phi) is 9.02. The predicted octanol–water partition coefficient (Wildman–Crippen LogP) is 6.08. The Morgan fingerprint density at radius 1 is 1.08 bits per heavy atom. The minimum Gasteiger partial charge on any atom is -0.380 e. The Morgan fingerprint density at radius 3 is 2.50 bits per heavy atom. The third kappa shape index (κ3) is 6.09. The van der Waals surface area contributed by atoms with Gasteiger partial charge in [0.1, 0.15) is 11.1 Å². The summed E-state index contributed by atoms with van der Waals surface area (Å²) in [6.07, 6.45) is 3.98. The number of halogens is 2. The number of hydrogen-bond acceptors (Lipinski definition) is 4. The molecule has 2 aromatic carbocycles. The molecule has 0 amide bonds. The van der Waals surface area contributed by atoms with Gasteiger partial charge in [0.25, 0.3) is 5.56 Å². The van der Waals surface area contributed by atoms with Crippen LogP contribution in [0.1, 0.15) is 65.9 Å². The van der Waals surface area contributed by atoms with Crippen LogP contribution in [0.25, 0.3) is 0 Å². The maximum atomic E-state index is 13.0. The molecule has 0 bridgehead atoms. The van der Waals surface area contributed by atoms with Gasteiger partial charge in [-0.15, -0.1) is 0 Å². The molecular formula is C29H32Cl2N2O3. The normalized spacial score (nSPS) is 16.8. The first-order chi connectivity index (χ1) is 17.4. The van der Waals surface area contributed by atoms with E-state index in [9.17, 15) is 14.7 Å². The molecule has 7 heteroatoms. The van der Waals surface area contributed by atoms with Crippen LogP contribution in [0.4, 0.5) is 0 Å². The second-order valence-corrected chi connectivity index (χ2v) is 10.2. The molecule has 1 fully saturated rings. The summed E-state index contributed by atoms with van der Waals surface area (Å²) in [4.78, 5) is 28.1. The van der Waals surface area contributed by atoms with Gasteiger partial charge in [-0.2, -0.15) is 0 Å². The lowest BCUT2D eigenvalue weighted by Crippen LogP contribution is -2.33. The van der Waals surface area contributed by atoms with E-state index >= 15 is 0 Å². The summed E-state index contributed by atoms with van der Waals surface area (Å²) < 4.78 is 1.70. The van der Waals surface area contributed by atoms with E-state index < -0.39 is 6.10 Å². The van der Waals surface area contributed by atoms with E-state index in [1.165, 1.54) is 6.42 Å². The highest BCUT2D eigenvalue weighted by Gasteiger charge is 2.26. The summed E-state index contributed by atoms with van der Waals surface area (Å²) in [6.45, 7) is 4.26. The van der Waals surface area contributed by atoms with Crippen LogP contribution in [0.3, 0.4) is 0 Å². The molecule has 5 nitrogen and oxygen atoms in total. The molecule has 1 saturated heterocycles. The van der Waals surface area contributed by atoms with Crippen molar-refractivity contribution < 1.29 is 9.90 Å². The number of aliphatic hydroxyl groups is 1. The number of nitrogens with zero attached hydrogens (tertiary/aromatic N) is 2. The monoisotopic (exact) mass is 526 g/mol. The van der Waals surface area contributed by atoms with Crippen LogP contribution in [0.5, 0.6) is 0 Å². The molecule has 2 heterocycles. The van der Waals surface area contributed by atoms with Crippen LogP contribution < -0.4 is 5.56 Å². The van der Waals surface area contributed by atoms with Crippen molar-refractivity contribution in [2.75, 3.05) is 6.54 Å². The van der Waals surface area contributed by atoms with E-state index in [0.29, 0.717) is 41.7 Å². The van der Waals surface area contributed by atoms with Gasteiger partial charge in [-0.05, 0) is 49.4 Å². The molecule has 0 aliphatic carbocycles. The van der Waals surface area contributed by atoms with Crippen molar-refractivity contribution in [2.45, 2.75) is 64.3 Å². The number of carbonyl (C=O) groups is 1. The lowest BCUT2D eigenvalue weighted by molar-refractivity contribution is 0.0747. The number of aryl methyl sites for hydroxylation is 1. The van der Waals surface area contributed by atoms with E-state index in [0.717, 1.165) is 37.1 Å². The maximum Gasteiger partial charge on any atom is 0.269 e. The van der Waals surface area contributed by atoms with Gasteiger partial charge in [0.05, 0.1) is 10.7 Å². The fourth-order valence-corrected chi connectivity index (χ4v) is 5.55. The largest absolute Gasteiger partial charge is 0.380 e. The average Bonchev–Trinajstić information content (AvgIpc) is 3.33. The van der Waals surface area contributed by atoms with Gasteiger partial charge in [-0.25, -0.2) is 0 Å². The van der Waals surface area contributed by atoms with E-state index in [1.807, 2.05) is 18.2 Å². The number of benzene rings is 2. The number of hydrogen-bond donors (Lipinski definition) is 1. The average molecular weight is 527 g/mol. The fourth-order valence-electron chi connectivity index (χ4n) is 5.01. The molecule has 36 heavy (non-hydrogen) atoms. The summed E-state index contributed by atoms with van der Waals surface area (Å²) >= 11 is 12.8. The number of carbonyl (C=O) groups excluding carboxylic acids is 1. The van der Waals surface area contributed by atoms with Crippen LogP contribution >= 0.6 is 23.2 Å². The van der Waals surface area contributed by atoms with Crippen molar-refractivity contribution in [3.63, 3.8) is 0 Å². The quantitative estimate of drug-likeness (QED) is 0.325. The molecule has 0 radical (unpaired) electrons. The van der Waals surface area contributed by atoms with Crippen molar-refractivity contribution in [1.82, 2.24) is 9.47 Å². The van der Waals surface area contributed by atoms with Crippen molar-refractivity contribution in [3.05, 3.63) is 103 Å². The molecule has 1 aliphatic heterocycles. The third-order valence-electron chi connectivity index (χ3n) is 7.00. The van der Waals surface area contributed by atoms with Gasteiger partial charge in [0, 0.05) is 24.7 Å². The zero-order valence-corrected chi connectivity index (χ0v) is 22.0. The third-order valence-corrected chi connectivity index (χ3v) is 7.60. The number of Topliss-reactive ketones (excluding diaryl/α,β-unsaturated/α-hetero) is 1. The van der Waals surface area contributed by atoms with Gasteiger partial charge in [-0.1, -0.05) is 91.1 Å². The van der Waals surface area contributed by atoms with Gasteiger partial charge in [0.2, 0.25) is 0 Å². The zero-order valence-electron chi connectivity index (χ0n) is 20.5. The van der Waals surface area contributed by atoms with Crippen LogP contribution in [0.15, 0.2) is 65.5 Å². The summed E-state index contributed by atoms with van der Waals surface area (Å²) in [5.41, 5.74) is 2.54. The van der Waals surface area contributed by atoms with Gasteiger partial charge in [-0.3, -0.25) is 14.5 Å². The van der Waals surface area contributed by atoms with Crippen LogP contribution in [-0.4, -0.2) is 32.9 Å². The number of aliphatic hydroxyl groups excluding tert-OH is 1. The smallest absolute Gasteiger partial charge is 0.269 e. The second kappa shape index (κ2) is 12.2. The molecule has 2 atom stereocenters. The van der Waals surface area contributed by atoms with E-state index in [4.69, 9.17) is 23.2 Å². The molecule has 1 aromatic heterocycles. The topological polar surface area (TPSA) is 62.5 Å². The van der Waals surface area contributed by atoms with Gasteiger partial charge in [0.15, 0.2) is 5.78 Å². The summed E-state index contributed by atoms with van der Waals surface area (Å²) in [5.74, 6) is -0.347. The van der Waals surface area contributed by atoms with Gasteiger partial charge >= 0.3 is 0 Å². The first-order valence-electron chi connectivity index (χ1n) is 12.6. The predicted molar refractivity (Wildman–Crippen MR) is 145 cm³/mol. The first kappa shape index (κ1) is 26.6. The van der Waals surface area contributed by atoms with E-state index in [-0.39, 0.29) is 16.4 Å². The second-order valence-electron chi connectivity index (χ2n) is 9.42. The Labute approximate surface area is 222 Å². The van der Waals surface area contributed by atoms with Crippen molar-refractivity contribution in [2.24, 2.45) is 0 Å². The lowest BCUT2D eigenvalue weighted by atomic mass is 9.98.